The quantitative estimate of drug-likeness (QED) is 0.0609. The molecular weight excluding hydrogens is 626 g/mol. The van der Waals surface area contributed by atoms with Crippen LogP contribution in [0.25, 0.3) is 0 Å². The third kappa shape index (κ3) is 14.0. The minimum atomic E-state index is -1.65. The summed E-state index contributed by atoms with van der Waals surface area (Å²) >= 11 is 4.12. The Morgan fingerprint density at radius 1 is 0.804 bits per heavy atom. The van der Waals surface area contributed by atoms with Gasteiger partial charge < -0.3 is 47.8 Å². The Morgan fingerprint density at radius 2 is 1.35 bits per heavy atom. The highest BCUT2D eigenvalue weighted by Gasteiger charge is 2.34. The van der Waals surface area contributed by atoms with Crippen LogP contribution in [-0.4, -0.2) is 106 Å². The van der Waals surface area contributed by atoms with Crippen molar-refractivity contribution in [1.29, 1.82) is 0 Å². The molecule has 10 N–H and O–H groups in total. The van der Waals surface area contributed by atoms with Crippen LogP contribution in [0.3, 0.4) is 0 Å². The van der Waals surface area contributed by atoms with Gasteiger partial charge in [0.25, 0.3) is 0 Å². The number of nitrogens with two attached hydrogens (primary N) is 1. The van der Waals surface area contributed by atoms with Crippen LogP contribution in [0.5, 0.6) is 0 Å². The van der Waals surface area contributed by atoms with Gasteiger partial charge >= 0.3 is 11.9 Å². The highest BCUT2D eigenvalue weighted by atomic mass is 32.1. The Kier molecular flexibility index (Phi) is 17.0. The minimum absolute atomic E-state index is 0.0469. The molecule has 18 heteroatoms. The number of hydrogen-bond acceptors (Lipinski definition) is 10. The molecule has 6 atom stereocenters. The molecule has 0 spiro atoms. The molecule has 260 valence electrons. The van der Waals surface area contributed by atoms with Crippen LogP contribution in [0, 0.1) is 11.8 Å². The van der Waals surface area contributed by atoms with Crippen molar-refractivity contribution >= 4 is 60.0 Å². The Balaban J connectivity index is 3.09. The van der Waals surface area contributed by atoms with E-state index in [0.29, 0.717) is 13.0 Å². The van der Waals surface area contributed by atoms with Gasteiger partial charge in [0, 0.05) is 12.2 Å². The lowest BCUT2D eigenvalue weighted by molar-refractivity contribution is -0.143. The summed E-state index contributed by atoms with van der Waals surface area (Å²) in [7, 11) is 0. The van der Waals surface area contributed by atoms with E-state index in [0.717, 1.165) is 6.42 Å². The van der Waals surface area contributed by atoms with Crippen molar-refractivity contribution in [3.8, 4) is 0 Å². The Bertz CT molecular complexity index is 1130. The van der Waals surface area contributed by atoms with E-state index in [9.17, 15) is 48.6 Å². The number of amides is 6. The monoisotopic (exact) mass is 673 g/mol. The van der Waals surface area contributed by atoms with Gasteiger partial charge in [0.15, 0.2) is 0 Å². The normalized spacial score (nSPS) is 17.6. The number of carbonyl (C=O) groups excluding carboxylic acids is 6. The number of aliphatic carboxylic acids is 2. The summed E-state index contributed by atoms with van der Waals surface area (Å²) in [6, 6.07) is -7.32. The molecule has 0 aliphatic carbocycles. The molecule has 0 unspecified atom stereocenters. The second-order valence-corrected chi connectivity index (χ2v) is 12.2. The van der Waals surface area contributed by atoms with Gasteiger partial charge in [-0.1, -0.05) is 27.7 Å². The van der Waals surface area contributed by atoms with Crippen molar-refractivity contribution in [1.82, 2.24) is 31.9 Å². The van der Waals surface area contributed by atoms with Crippen LogP contribution in [0.4, 0.5) is 0 Å². The lowest BCUT2D eigenvalue weighted by Gasteiger charge is -2.27. The summed E-state index contributed by atoms with van der Waals surface area (Å²) in [5, 5.41) is 33.7. The number of nitrogens with one attached hydrogen (secondary N) is 6. The van der Waals surface area contributed by atoms with Crippen molar-refractivity contribution in [3.05, 3.63) is 0 Å². The summed E-state index contributed by atoms with van der Waals surface area (Å²) in [4.78, 5) is 99.7. The Hall–Kier alpha value is -3.93. The first-order chi connectivity index (χ1) is 21.5. The van der Waals surface area contributed by atoms with E-state index in [1.807, 2.05) is 0 Å². The summed E-state index contributed by atoms with van der Waals surface area (Å²) in [5.74, 6) is -8.44. The first-order valence-corrected chi connectivity index (χ1v) is 15.7. The van der Waals surface area contributed by atoms with Crippen LogP contribution < -0.4 is 37.6 Å². The average Bonchev–Trinajstić information content (AvgIpc) is 3.50. The van der Waals surface area contributed by atoms with E-state index in [1.54, 1.807) is 27.7 Å². The second kappa shape index (κ2) is 19.6. The van der Waals surface area contributed by atoms with Crippen molar-refractivity contribution < 1.29 is 48.6 Å². The molecule has 1 aliphatic rings. The van der Waals surface area contributed by atoms with Crippen LogP contribution in [0.1, 0.15) is 66.2 Å². The summed E-state index contributed by atoms with van der Waals surface area (Å²) < 4.78 is 0. The lowest BCUT2D eigenvalue weighted by Crippen LogP contribution is -2.60. The molecule has 0 radical (unpaired) electrons. The highest BCUT2D eigenvalue weighted by Crippen LogP contribution is 2.10. The number of primary amides is 1. The molecule has 1 fully saturated rings. The van der Waals surface area contributed by atoms with E-state index in [2.05, 4.69) is 44.5 Å². The summed E-state index contributed by atoms with van der Waals surface area (Å²) in [6.45, 7) is 7.54. The van der Waals surface area contributed by atoms with Crippen molar-refractivity contribution in [2.24, 2.45) is 17.6 Å². The van der Waals surface area contributed by atoms with Crippen molar-refractivity contribution in [2.75, 3.05) is 12.3 Å². The van der Waals surface area contributed by atoms with Crippen molar-refractivity contribution in [3.63, 3.8) is 0 Å². The molecule has 1 rings (SSSR count). The number of thiol groups is 1. The van der Waals surface area contributed by atoms with E-state index >= 15 is 0 Å². The fraction of sp³-hybridized carbons (Fsp3) is 0.714. The molecule has 0 bridgehead atoms. The van der Waals surface area contributed by atoms with Gasteiger partial charge in [0.05, 0.1) is 12.5 Å². The first kappa shape index (κ1) is 40.1. The van der Waals surface area contributed by atoms with Gasteiger partial charge in [-0.3, -0.25) is 33.6 Å². The van der Waals surface area contributed by atoms with Gasteiger partial charge in [0.2, 0.25) is 35.4 Å². The molecule has 0 aromatic carbocycles. The van der Waals surface area contributed by atoms with Gasteiger partial charge in [-0.05, 0) is 44.1 Å². The number of rotatable bonds is 20. The van der Waals surface area contributed by atoms with Gasteiger partial charge in [0.1, 0.15) is 30.2 Å². The molecule has 0 saturated carbocycles. The van der Waals surface area contributed by atoms with E-state index < -0.39 is 97.0 Å². The fourth-order valence-corrected chi connectivity index (χ4v) is 4.87. The minimum Gasteiger partial charge on any atom is -0.481 e. The average molecular weight is 674 g/mol. The third-order valence-corrected chi connectivity index (χ3v) is 7.44. The fourth-order valence-electron chi connectivity index (χ4n) is 4.61. The number of carbonyl (C=O) groups is 8. The summed E-state index contributed by atoms with van der Waals surface area (Å²) in [5.41, 5.74) is 5.24. The predicted molar refractivity (Wildman–Crippen MR) is 167 cm³/mol. The topological polar surface area (TPSA) is 275 Å². The molecule has 6 amide bonds. The zero-order chi connectivity index (χ0) is 35.1. The molecule has 46 heavy (non-hydrogen) atoms. The van der Waals surface area contributed by atoms with Crippen LogP contribution in [-0.2, 0) is 38.4 Å². The van der Waals surface area contributed by atoms with E-state index in [1.165, 1.54) is 0 Å². The van der Waals surface area contributed by atoms with Crippen LogP contribution in [0.15, 0.2) is 0 Å². The Labute approximate surface area is 272 Å². The predicted octanol–water partition coefficient (Wildman–Crippen LogP) is -2.38. The first-order valence-electron chi connectivity index (χ1n) is 15.1. The van der Waals surface area contributed by atoms with Crippen molar-refractivity contribution in [2.45, 2.75) is 102 Å². The second-order valence-electron chi connectivity index (χ2n) is 11.9. The molecular formula is C28H47N7O10S. The Morgan fingerprint density at radius 3 is 1.83 bits per heavy atom. The molecule has 1 heterocycles. The molecule has 0 aromatic heterocycles. The van der Waals surface area contributed by atoms with Crippen LogP contribution >= 0.6 is 12.6 Å². The molecule has 0 aromatic rings. The largest absolute Gasteiger partial charge is 0.481 e. The van der Waals surface area contributed by atoms with E-state index in [-0.39, 0.29) is 29.9 Å². The smallest absolute Gasteiger partial charge is 0.326 e. The number of hydrogen-bond donors (Lipinski definition) is 10. The maximum atomic E-state index is 13.2. The van der Waals surface area contributed by atoms with Gasteiger partial charge in [-0.2, -0.15) is 12.6 Å². The summed E-state index contributed by atoms with van der Waals surface area (Å²) in [6.07, 6.45) is -0.293. The molecule has 1 aliphatic heterocycles. The number of carboxylic acid groups (broad SMARTS) is 2. The SMILES string of the molecule is CC(C)C[C@H](NC(=O)[C@H](CC(N)=O)NC(=O)[C@H](CCC(=O)O)NC(=O)[C@H](CS)NC(=O)[C@@H](NC(=O)[C@@H]1CCCN1)C(C)C)C(=O)O. The van der Waals surface area contributed by atoms with Gasteiger partial charge in [-0.15, -0.1) is 0 Å². The highest BCUT2D eigenvalue weighted by molar-refractivity contribution is 7.80. The van der Waals surface area contributed by atoms with Crippen LogP contribution in [0.2, 0.25) is 0 Å². The lowest BCUT2D eigenvalue weighted by atomic mass is 10.0. The zero-order valence-corrected chi connectivity index (χ0v) is 27.4. The third-order valence-electron chi connectivity index (χ3n) is 7.08. The maximum absolute atomic E-state index is 13.2. The molecule has 1 saturated heterocycles. The molecule has 17 nitrogen and oxygen atoms in total. The van der Waals surface area contributed by atoms with Gasteiger partial charge in [-0.25, -0.2) is 4.79 Å². The zero-order valence-electron chi connectivity index (χ0n) is 26.5. The number of carboxylic acids is 2. The van der Waals surface area contributed by atoms with E-state index in [4.69, 9.17) is 5.73 Å². The maximum Gasteiger partial charge on any atom is 0.326 e. The standard InChI is InChI=1S/C28H47N7O10S/c1-13(2)10-18(28(44)45)33-25(41)17(11-20(29)36)32-24(40)16(7-8-21(37)38)31-26(42)19(12-46)34-27(43)22(14(3)4)35-23(39)15-6-5-9-30-15/h13-19,22,30,46H,5-12H2,1-4H3,(H2,29,36)(H,31,42)(H,32,40)(H,33,41)(H,34,43)(H,35,39)(H,37,38)(H,44,45)/t15-,16-,17-,18-,19-,22-/m0/s1.